The molecule has 0 saturated carbocycles. The highest BCUT2D eigenvalue weighted by atomic mass is 35.5. The number of nitrogens with two attached hydrogens (primary N) is 1. The first-order valence-electron chi connectivity index (χ1n) is 4.18. The molecule has 2 N–H and O–H groups in total. The van der Waals surface area contributed by atoms with Crippen LogP contribution < -0.4 is 5.73 Å². The van der Waals surface area contributed by atoms with Crippen molar-refractivity contribution < 1.29 is 0 Å². The van der Waals surface area contributed by atoms with Gasteiger partial charge in [0.1, 0.15) is 0 Å². The largest absolute Gasteiger partial charge is 0.375 e. The number of thioether (sulfide) groups is 1. The molecule has 0 aliphatic heterocycles. The monoisotopic (exact) mass is 257 g/mol. The Morgan fingerprint density at radius 1 is 1.47 bits per heavy atom. The molecule has 3 nitrogen and oxygen atoms in total. The number of aromatic nitrogens is 2. The van der Waals surface area contributed by atoms with Gasteiger partial charge in [-0.25, -0.2) is 9.97 Å². The molecule has 0 bridgehead atoms. The first kappa shape index (κ1) is 10.7. The Bertz CT molecular complexity index is 441. The van der Waals surface area contributed by atoms with E-state index in [1.807, 2.05) is 17.5 Å². The Morgan fingerprint density at radius 2 is 2.33 bits per heavy atom. The van der Waals surface area contributed by atoms with E-state index in [-0.39, 0.29) is 0 Å². The fraction of sp³-hybridized carbons (Fsp3) is 0.111. The van der Waals surface area contributed by atoms with Crippen LogP contribution in [0.25, 0.3) is 0 Å². The van der Waals surface area contributed by atoms with Gasteiger partial charge in [-0.2, -0.15) is 0 Å². The fourth-order valence-electron chi connectivity index (χ4n) is 0.984. The van der Waals surface area contributed by atoms with E-state index in [0.29, 0.717) is 10.2 Å². The summed E-state index contributed by atoms with van der Waals surface area (Å²) in [6, 6.07) is 3.72. The summed E-state index contributed by atoms with van der Waals surface area (Å²) in [5.74, 6) is 0.780. The van der Waals surface area contributed by atoms with Gasteiger partial charge in [0.2, 0.25) is 0 Å². The predicted molar refractivity (Wildman–Crippen MR) is 65.3 cm³/mol. The normalized spacial score (nSPS) is 10.5. The van der Waals surface area contributed by atoms with Crippen molar-refractivity contribution in [1.29, 1.82) is 0 Å². The standard InChI is InChI=1S/C9H8ClN3S2/c10-6-1-2-8(12-3-6)14-4-7-5-15-9(11)13-7/h1-3,5H,4H2,(H2,11,13). The third kappa shape index (κ3) is 3.09. The van der Waals surface area contributed by atoms with Gasteiger partial charge in [0.15, 0.2) is 5.13 Å². The summed E-state index contributed by atoms with van der Waals surface area (Å²) in [5.41, 5.74) is 6.52. The number of rotatable bonds is 3. The molecule has 0 aromatic carbocycles. The number of nitrogen functional groups attached to an aromatic ring is 1. The van der Waals surface area contributed by atoms with Gasteiger partial charge in [0.25, 0.3) is 0 Å². The number of hydrogen-bond acceptors (Lipinski definition) is 5. The van der Waals surface area contributed by atoms with E-state index in [0.717, 1.165) is 16.5 Å². The minimum atomic E-state index is 0.606. The molecule has 0 fully saturated rings. The second-order valence-electron chi connectivity index (χ2n) is 2.78. The lowest BCUT2D eigenvalue weighted by Crippen LogP contribution is -1.85. The van der Waals surface area contributed by atoms with Crippen molar-refractivity contribution in [2.45, 2.75) is 10.8 Å². The van der Waals surface area contributed by atoms with Crippen LogP contribution in [-0.2, 0) is 5.75 Å². The summed E-state index contributed by atoms with van der Waals surface area (Å²) >= 11 is 8.80. The van der Waals surface area contributed by atoms with E-state index in [9.17, 15) is 0 Å². The van der Waals surface area contributed by atoms with Crippen molar-refractivity contribution in [2.75, 3.05) is 5.73 Å². The van der Waals surface area contributed by atoms with E-state index in [1.54, 1.807) is 18.0 Å². The van der Waals surface area contributed by atoms with Crippen LogP contribution in [0, 0.1) is 0 Å². The Kier molecular flexibility index (Phi) is 3.45. The smallest absolute Gasteiger partial charge is 0.180 e. The van der Waals surface area contributed by atoms with Gasteiger partial charge in [-0.1, -0.05) is 11.6 Å². The minimum Gasteiger partial charge on any atom is -0.375 e. The van der Waals surface area contributed by atoms with Gasteiger partial charge in [-0.15, -0.1) is 23.1 Å². The second-order valence-corrected chi connectivity index (χ2v) is 5.10. The van der Waals surface area contributed by atoms with Gasteiger partial charge in [-0.05, 0) is 12.1 Å². The highest BCUT2D eigenvalue weighted by Gasteiger charge is 2.01. The topological polar surface area (TPSA) is 51.8 Å². The number of thiazole rings is 1. The number of hydrogen-bond donors (Lipinski definition) is 1. The van der Waals surface area contributed by atoms with Crippen molar-refractivity contribution in [3.05, 3.63) is 34.4 Å². The first-order valence-corrected chi connectivity index (χ1v) is 6.42. The molecule has 2 aromatic heterocycles. The molecule has 0 saturated heterocycles. The van der Waals surface area contributed by atoms with E-state index < -0.39 is 0 Å². The van der Waals surface area contributed by atoms with Gasteiger partial charge in [0.05, 0.1) is 15.7 Å². The third-order valence-corrected chi connectivity index (χ3v) is 3.56. The number of nitrogens with zero attached hydrogens (tertiary/aromatic N) is 2. The molecule has 0 radical (unpaired) electrons. The minimum absolute atomic E-state index is 0.606. The maximum absolute atomic E-state index is 5.73. The Labute approximate surface area is 101 Å². The summed E-state index contributed by atoms with van der Waals surface area (Å²) < 4.78 is 0. The maximum atomic E-state index is 5.73. The third-order valence-electron chi connectivity index (χ3n) is 1.64. The van der Waals surface area contributed by atoms with Gasteiger partial charge >= 0.3 is 0 Å². The van der Waals surface area contributed by atoms with Crippen molar-refractivity contribution in [3.63, 3.8) is 0 Å². The van der Waals surface area contributed by atoms with Crippen LogP contribution in [0.15, 0.2) is 28.7 Å². The molecule has 15 heavy (non-hydrogen) atoms. The second kappa shape index (κ2) is 4.83. The van der Waals surface area contributed by atoms with Crippen LogP contribution in [0.4, 0.5) is 5.13 Å². The molecule has 6 heteroatoms. The van der Waals surface area contributed by atoms with Gasteiger partial charge in [-0.3, -0.25) is 0 Å². The van der Waals surface area contributed by atoms with Crippen LogP contribution in [0.1, 0.15) is 5.69 Å². The zero-order chi connectivity index (χ0) is 10.7. The first-order chi connectivity index (χ1) is 7.24. The van der Waals surface area contributed by atoms with E-state index in [2.05, 4.69) is 9.97 Å². The molecule has 0 aliphatic rings. The Morgan fingerprint density at radius 3 is 2.93 bits per heavy atom. The molecular weight excluding hydrogens is 250 g/mol. The average molecular weight is 258 g/mol. The maximum Gasteiger partial charge on any atom is 0.180 e. The summed E-state index contributed by atoms with van der Waals surface area (Å²) in [6.07, 6.45) is 1.64. The van der Waals surface area contributed by atoms with Crippen LogP contribution in [0.5, 0.6) is 0 Å². The summed E-state index contributed by atoms with van der Waals surface area (Å²) in [4.78, 5) is 8.34. The number of halogens is 1. The lowest BCUT2D eigenvalue weighted by atomic mass is 10.5. The van der Waals surface area contributed by atoms with Crippen LogP contribution >= 0.6 is 34.7 Å². The average Bonchev–Trinajstić information content (AvgIpc) is 2.64. The quantitative estimate of drug-likeness (QED) is 0.859. The van der Waals surface area contributed by atoms with E-state index in [4.69, 9.17) is 17.3 Å². The van der Waals surface area contributed by atoms with E-state index in [1.165, 1.54) is 11.3 Å². The summed E-state index contributed by atoms with van der Waals surface area (Å²) in [6.45, 7) is 0. The van der Waals surface area contributed by atoms with Crippen molar-refractivity contribution in [2.24, 2.45) is 0 Å². The zero-order valence-corrected chi connectivity index (χ0v) is 10.1. The van der Waals surface area contributed by atoms with Gasteiger partial charge in [0, 0.05) is 17.3 Å². The summed E-state index contributed by atoms with van der Waals surface area (Å²) in [7, 11) is 0. The molecule has 2 aromatic rings. The molecule has 0 spiro atoms. The summed E-state index contributed by atoms with van der Waals surface area (Å²) in [5, 5.41) is 4.15. The zero-order valence-electron chi connectivity index (χ0n) is 7.68. The molecule has 0 unspecified atom stereocenters. The molecule has 78 valence electrons. The molecular formula is C9H8ClN3S2. The Hall–Kier alpha value is -0.780. The number of pyridine rings is 1. The van der Waals surface area contributed by atoms with Gasteiger partial charge < -0.3 is 5.73 Å². The molecule has 0 amide bonds. The molecule has 0 aliphatic carbocycles. The molecule has 2 heterocycles. The fourth-order valence-corrected chi connectivity index (χ4v) is 2.50. The van der Waals surface area contributed by atoms with Crippen molar-refractivity contribution in [1.82, 2.24) is 9.97 Å². The molecule has 2 rings (SSSR count). The lowest BCUT2D eigenvalue weighted by Gasteiger charge is -1.97. The highest BCUT2D eigenvalue weighted by molar-refractivity contribution is 7.98. The number of anilines is 1. The predicted octanol–water partition coefficient (Wildman–Crippen LogP) is 3.07. The Balaban J connectivity index is 1.96. The van der Waals surface area contributed by atoms with Crippen molar-refractivity contribution in [3.8, 4) is 0 Å². The molecule has 0 atom stereocenters. The lowest BCUT2D eigenvalue weighted by molar-refractivity contribution is 1.13. The van der Waals surface area contributed by atoms with E-state index >= 15 is 0 Å². The van der Waals surface area contributed by atoms with Crippen molar-refractivity contribution >= 4 is 39.8 Å². The highest BCUT2D eigenvalue weighted by Crippen LogP contribution is 2.23. The van der Waals surface area contributed by atoms with Crippen LogP contribution in [0.3, 0.4) is 0 Å². The van der Waals surface area contributed by atoms with Crippen LogP contribution in [0.2, 0.25) is 5.02 Å². The van der Waals surface area contributed by atoms with Crippen LogP contribution in [-0.4, -0.2) is 9.97 Å². The SMILES string of the molecule is Nc1nc(CSc2ccc(Cl)cn2)cs1.